The first-order valence-corrected chi connectivity index (χ1v) is 8.47. The van der Waals surface area contributed by atoms with Crippen molar-refractivity contribution in [2.24, 2.45) is 0 Å². The smallest absolute Gasteiger partial charge is 0.276 e. The third-order valence-corrected chi connectivity index (χ3v) is 3.68. The number of hydrogen-bond donors (Lipinski definition) is 3. The van der Waals surface area contributed by atoms with Crippen molar-refractivity contribution in [2.45, 2.75) is 6.92 Å². The van der Waals surface area contributed by atoms with Gasteiger partial charge in [0.25, 0.3) is 5.91 Å². The Morgan fingerprint density at radius 3 is 2.25 bits per heavy atom. The van der Waals surface area contributed by atoms with Gasteiger partial charge in [0.2, 0.25) is 5.91 Å². The van der Waals surface area contributed by atoms with Crippen LogP contribution in [0.4, 0.5) is 22.9 Å². The van der Waals surface area contributed by atoms with E-state index in [9.17, 15) is 9.59 Å². The van der Waals surface area contributed by atoms with Gasteiger partial charge >= 0.3 is 0 Å². The lowest BCUT2D eigenvalue weighted by atomic mass is 10.2. The minimum Gasteiger partial charge on any atom is -0.497 e. The molecule has 8 heteroatoms. The van der Waals surface area contributed by atoms with Crippen molar-refractivity contribution in [2.75, 3.05) is 23.1 Å². The summed E-state index contributed by atoms with van der Waals surface area (Å²) in [5.41, 5.74) is 2.09. The molecule has 0 spiro atoms. The summed E-state index contributed by atoms with van der Waals surface area (Å²) in [5.74, 6) is 0.627. The number of aromatic nitrogens is 2. The number of carbonyl (C=O) groups excluding carboxylic acids is 2. The van der Waals surface area contributed by atoms with Crippen molar-refractivity contribution in [1.82, 2.24) is 10.2 Å². The zero-order chi connectivity index (χ0) is 19.9. The van der Waals surface area contributed by atoms with Crippen LogP contribution in [0.15, 0.2) is 60.7 Å². The Bertz CT molecular complexity index is 989. The molecule has 1 aromatic heterocycles. The zero-order valence-electron chi connectivity index (χ0n) is 15.4. The third kappa shape index (κ3) is 5.04. The Balaban J connectivity index is 1.66. The summed E-state index contributed by atoms with van der Waals surface area (Å²) in [4.78, 5) is 23.5. The molecule has 0 saturated carbocycles. The molecule has 0 aliphatic rings. The summed E-state index contributed by atoms with van der Waals surface area (Å²) >= 11 is 0. The topological polar surface area (TPSA) is 105 Å². The molecule has 2 amide bonds. The SMILES string of the molecule is COc1cccc(Nc2ccc(C(=O)Nc3cccc(NC(C)=O)c3)nn2)c1. The molecule has 0 aliphatic heterocycles. The van der Waals surface area contributed by atoms with E-state index in [4.69, 9.17) is 4.74 Å². The van der Waals surface area contributed by atoms with E-state index in [1.807, 2.05) is 24.3 Å². The Kier molecular flexibility index (Phi) is 5.81. The van der Waals surface area contributed by atoms with Crippen molar-refractivity contribution in [3.63, 3.8) is 0 Å². The van der Waals surface area contributed by atoms with Crippen LogP contribution in [0.5, 0.6) is 5.75 Å². The molecule has 0 fully saturated rings. The molecule has 8 nitrogen and oxygen atoms in total. The van der Waals surface area contributed by atoms with Gasteiger partial charge in [0, 0.05) is 30.1 Å². The van der Waals surface area contributed by atoms with Crippen molar-refractivity contribution in [3.05, 3.63) is 66.4 Å². The Labute approximate surface area is 161 Å². The molecule has 142 valence electrons. The Hall–Kier alpha value is -3.94. The number of benzene rings is 2. The van der Waals surface area contributed by atoms with E-state index in [-0.39, 0.29) is 11.6 Å². The van der Waals surface area contributed by atoms with Gasteiger partial charge in [-0.1, -0.05) is 12.1 Å². The molecule has 0 saturated heterocycles. The molecule has 0 aliphatic carbocycles. The van der Waals surface area contributed by atoms with Crippen LogP contribution in [-0.2, 0) is 4.79 Å². The molecule has 0 bridgehead atoms. The Morgan fingerprint density at radius 1 is 0.857 bits per heavy atom. The second-order valence-corrected chi connectivity index (χ2v) is 5.88. The second-order valence-electron chi connectivity index (χ2n) is 5.88. The molecule has 3 rings (SSSR count). The summed E-state index contributed by atoms with van der Waals surface area (Å²) in [6.45, 7) is 1.42. The van der Waals surface area contributed by atoms with Crippen molar-refractivity contribution >= 4 is 34.7 Å². The average Bonchev–Trinajstić information content (AvgIpc) is 2.68. The van der Waals surface area contributed by atoms with Crippen LogP contribution in [0.25, 0.3) is 0 Å². The molecule has 28 heavy (non-hydrogen) atoms. The van der Waals surface area contributed by atoms with Gasteiger partial charge in [-0.2, -0.15) is 0 Å². The predicted molar refractivity (Wildman–Crippen MR) is 107 cm³/mol. The molecule has 0 radical (unpaired) electrons. The second kappa shape index (κ2) is 8.63. The molecule has 1 heterocycles. The highest BCUT2D eigenvalue weighted by molar-refractivity contribution is 6.03. The lowest BCUT2D eigenvalue weighted by Crippen LogP contribution is -2.15. The van der Waals surface area contributed by atoms with E-state index in [0.717, 1.165) is 11.4 Å². The number of anilines is 4. The number of nitrogens with one attached hydrogen (secondary N) is 3. The molecular weight excluding hydrogens is 358 g/mol. The molecule has 2 aromatic carbocycles. The summed E-state index contributed by atoms with van der Waals surface area (Å²) in [5, 5.41) is 16.5. The fraction of sp³-hybridized carbons (Fsp3) is 0.100. The highest BCUT2D eigenvalue weighted by atomic mass is 16.5. The van der Waals surface area contributed by atoms with E-state index >= 15 is 0 Å². The number of carbonyl (C=O) groups is 2. The van der Waals surface area contributed by atoms with Gasteiger partial charge in [-0.05, 0) is 42.5 Å². The Morgan fingerprint density at radius 2 is 1.57 bits per heavy atom. The molecular formula is C20H19N5O3. The monoisotopic (exact) mass is 377 g/mol. The zero-order valence-corrected chi connectivity index (χ0v) is 15.4. The fourth-order valence-electron chi connectivity index (χ4n) is 2.44. The quantitative estimate of drug-likeness (QED) is 0.608. The van der Waals surface area contributed by atoms with Gasteiger partial charge in [-0.3, -0.25) is 9.59 Å². The number of methoxy groups -OCH3 is 1. The lowest BCUT2D eigenvalue weighted by Gasteiger charge is -2.09. The first-order valence-electron chi connectivity index (χ1n) is 8.47. The maximum absolute atomic E-state index is 12.4. The van der Waals surface area contributed by atoms with Crippen LogP contribution in [0.3, 0.4) is 0 Å². The fourth-order valence-corrected chi connectivity index (χ4v) is 2.44. The van der Waals surface area contributed by atoms with Crippen molar-refractivity contribution < 1.29 is 14.3 Å². The van der Waals surface area contributed by atoms with Gasteiger partial charge in [0.1, 0.15) is 5.75 Å². The van der Waals surface area contributed by atoms with Gasteiger partial charge < -0.3 is 20.7 Å². The van der Waals surface area contributed by atoms with E-state index in [1.54, 1.807) is 43.5 Å². The van der Waals surface area contributed by atoms with Gasteiger partial charge in [-0.25, -0.2) is 0 Å². The molecule has 3 aromatic rings. The average molecular weight is 377 g/mol. The lowest BCUT2D eigenvalue weighted by molar-refractivity contribution is -0.114. The summed E-state index contributed by atoms with van der Waals surface area (Å²) < 4.78 is 5.18. The summed E-state index contributed by atoms with van der Waals surface area (Å²) in [6, 6.07) is 17.5. The first-order chi connectivity index (χ1) is 13.5. The van der Waals surface area contributed by atoms with Crippen molar-refractivity contribution in [3.8, 4) is 5.75 Å². The maximum Gasteiger partial charge on any atom is 0.276 e. The summed E-state index contributed by atoms with van der Waals surface area (Å²) in [6.07, 6.45) is 0. The van der Waals surface area contributed by atoms with Crippen molar-refractivity contribution in [1.29, 1.82) is 0 Å². The highest BCUT2D eigenvalue weighted by Gasteiger charge is 2.10. The highest BCUT2D eigenvalue weighted by Crippen LogP contribution is 2.20. The number of amides is 2. The van der Waals surface area contributed by atoms with Crippen LogP contribution in [-0.4, -0.2) is 29.1 Å². The van der Waals surface area contributed by atoms with Crippen LogP contribution in [0.1, 0.15) is 17.4 Å². The van der Waals surface area contributed by atoms with Gasteiger partial charge in [0.05, 0.1) is 7.11 Å². The minimum atomic E-state index is -0.402. The number of ether oxygens (including phenoxy) is 1. The van der Waals surface area contributed by atoms with Crippen LogP contribution in [0.2, 0.25) is 0 Å². The van der Waals surface area contributed by atoms with E-state index in [2.05, 4.69) is 26.1 Å². The third-order valence-electron chi connectivity index (χ3n) is 3.68. The van der Waals surface area contributed by atoms with Crippen LogP contribution in [0, 0.1) is 0 Å². The normalized spacial score (nSPS) is 10.1. The first kappa shape index (κ1) is 18.8. The molecule has 0 atom stereocenters. The van der Waals surface area contributed by atoms with Gasteiger partial charge in [0.15, 0.2) is 11.5 Å². The maximum atomic E-state index is 12.4. The van der Waals surface area contributed by atoms with Gasteiger partial charge in [-0.15, -0.1) is 10.2 Å². The predicted octanol–water partition coefficient (Wildman–Crippen LogP) is 3.44. The van der Waals surface area contributed by atoms with Crippen LogP contribution >= 0.6 is 0 Å². The molecule has 3 N–H and O–H groups in total. The largest absolute Gasteiger partial charge is 0.497 e. The number of rotatable bonds is 6. The minimum absolute atomic E-state index is 0.168. The standard InChI is InChI=1S/C20H19N5O3/c1-13(26)21-14-5-3-6-15(11-14)23-20(27)18-9-10-19(25-24-18)22-16-7-4-8-17(12-16)28-2/h3-12H,1-2H3,(H,21,26)(H,22,25)(H,23,27). The summed E-state index contributed by atoms with van der Waals surface area (Å²) in [7, 11) is 1.60. The van der Waals surface area contributed by atoms with E-state index in [0.29, 0.717) is 17.2 Å². The van der Waals surface area contributed by atoms with E-state index < -0.39 is 5.91 Å². The number of hydrogen-bond acceptors (Lipinski definition) is 6. The van der Waals surface area contributed by atoms with E-state index in [1.165, 1.54) is 6.92 Å². The number of nitrogens with zero attached hydrogens (tertiary/aromatic N) is 2. The van der Waals surface area contributed by atoms with Crippen LogP contribution < -0.4 is 20.7 Å². The molecule has 0 unspecified atom stereocenters.